The lowest BCUT2D eigenvalue weighted by molar-refractivity contribution is 0.0563. The normalized spacial score (nSPS) is 11.1. The number of carbonyl (C=O) groups is 1. The van der Waals surface area contributed by atoms with Gasteiger partial charge in [-0.05, 0) is 37.1 Å². The maximum Gasteiger partial charge on any atom is 0.373 e. The minimum atomic E-state index is -0.550. The number of furan rings is 1. The van der Waals surface area contributed by atoms with E-state index in [-0.39, 0.29) is 17.9 Å². The van der Waals surface area contributed by atoms with Crippen molar-refractivity contribution in [1.29, 1.82) is 0 Å². The first kappa shape index (κ1) is 19.1. The van der Waals surface area contributed by atoms with E-state index in [0.29, 0.717) is 23.4 Å². The van der Waals surface area contributed by atoms with Crippen molar-refractivity contribution >= 4 is 27.5 Å². The fourth-order valence-corrected chi connectivity index (χ4v) is 4.31. The third kappa shape index (κ3) is 3.61. The SMILES string of the molecule is COC(=O)c1ccc(Cn2c(Cc3ccccc3)nc3sc(C)c(C)c3c2=O)o1. The zero-order chi connectivity index (χ0) is 20.5. The van der Waals surface area contributed by atoms with Crippen LogP contribution < -0.4 is 5.56 Å². The van der Waals surface area contributed by atoms with Gasteiger partial charge in [0, 0.05) is 11.3 Å². The molecule has 0 radical (unpaired) electrons. The molecule has 0 bridgehead atoms. The molecule has 0 atom stereocenters. The number of aryl methyl sites for hydroxylation is 2. The molecule has 0 saturated heterocycles. The Kier molecular flexibility index (Phi) is 5.07. The summed E-state index contributed by atoms with van der Waals surface area (Å²) in [5, 5.41) is 0.643. The molecule has 1 aromatic carbocycles. The molecular weight excluding hydrogens is 388 g/mol. The number of ether oxygens (including phenoxy) is 1. The summed E-state index contributed by atoms with van der Waals surface area (Å²) in [6, 6.07) is 13.1. The molecule has 0 spiro atoms. The minimum Gasteiger partial charge on any atom is -0.463 e. The van der Waals surface area contributed by atoms with Crippen LogP contribution in [-0.2, 0) is 17.7 Å². The average Bonchev–Trinajstić information content (AvgIpc) is 3.30. The van der Waals surface area contributed by atoms with E-state index in [1.165, 1.54) is 18.4 Å². The highest BCUT2D eigenvalue weighted by atomic mass is 32.1. The Labute approximate surface area is 171 Å². The van der Waals surface area contributed by atoms with Crippen LogP contribution in [0.25, 0.3) is 10.2 Å². The molecule has 3 aromatic heterocycles. The van der Waals surface area contributed by atoms with Gasteiger partial charge in [-0.25, -0.2) is 9.78 Å². The number of fused-ring (bicyclic) bond motifs is 1. The van der Waals surface area contributed by atoms with E-state index in [1.54, 1.807) is 16.7 Å². The number of thiophene rings is 1. The Morgan fingerprint density at radius 3 is 2.66 bits per heavy atom. The van der Waals surface area contributed by atoms with Crippen molar-refractivity contribution in [3.63, 3.8) is 0 Å². The Morgan fingerprint density at radius 2 is 1.93 bits per heavy atom. The molecule has 0 unspecified atom stereocenters. The van der Waals surface area contributed by atoms with Gasteiger partial charge in [-0.2, -0.15) is 0 Å². The van der Waals surface area contributed by atoms with Crippen molar-refractivity contribution in [2.75, 3.05) is 7.11 Å². The van der Waals surface area contributed by atoms with Crippen LogP contribution in [0.5, 0.6) is 0 Å². The molecule has 0 N–H and O–H groups in total. The highest BCUT2D eigenvalue weighted by Gasteiger charge is 2.19. The number of rotatable bonds is 5. The van der Waals surface area contributed by atoms with Crippen molar-refractivity contribution < 1.29 is 13.9 Å². The molecule has 0 aliphatic heterocycles. The second-order valence-electron chi connectivity index (χ2n) is 6.80. The quantitative estimate of drug-likeness (QED) is 0.465. The molecule has 29 heavy (non-hydrogen) atoms. The maximum absolute atomic E-state index is 13.4. The van der Waals surface area contributed by atoms with Crippen LogP contribution in [0.15, 0.2) is 51.7 Å². The van der Waals surface area contributed by atoms with E-state index < -0.39 is 5.97 Å². The molecule has 3 heterocycles. The van der Waals surface area contributed by atoms with Gasteiger partial charge in [0.1, 0.15) is 16.4 Å². The van der Waals surface area contributed by atoms with Crippen molar-refractivity contribution in [3.8, 4) is 0 Å². The second-order valence-corrected chi connectivity index (χ2v) is 8.01. The lowest BCUT2D eigenvalue weighted by Gasteiger charge is -2.12. The second kappa shape index (κ2) is 7.67. The predicted molar refractivity (Wildman–Crippen MR) is 112 cm³/mol. The van der Waals surface area contributed by atoms with E-state index in [9.17, 15) is 9.59 Å². The topological polar surface area (TPSA) is 74.3 Å². The van der Waals surface area contributed by atoms with Gasteiger partial charge in [-0.15, -0.1) is 11.3 Å². The molecule has 0 fully saturated rings. The van der Waals surface area contributed by atoms with Gasteiger partial charge in [-0.1, -0.05) is 30.3 Å². The Balaban J connectivity index is 1.83. The van der Waals surface area contributed by atoms with E-state index >= 15 is 0 Å². The summed E-state index contributed by atoms with van der Waals surface area (Å²) in [5.74, 6) is 0.710. The molecule has 6 nitrogen and oxygen atoms in total. The summed E-state index contributed by atoms with van der Waals surface area (Å²) in [5.41, 5.74) is 1.92. The average molecular weight is 408 g/mol. The summed E-state index contributed by atoms with van der Waals surface area (Å²) in [7, 11) is 1.30. The van der Waals surface area contributed by atoms with Crippen molar-refractivity contribution in [2.24, 2.45) is 0 Å². The first-order valence-electron chi connectivity index (χ1n) is 9.18. The third-order valence-corrected chi connectivity index (χ3v) is 6.04. The van der Waals surface area contributed by atoms with Crippen LogP contribution in [0.1, 0.15) is 38.1 Å². The molecule has 148 valence electrons. The first-order valence-corrected chi connectivity index (χ1v) is 10.00. The van der Waals surface area contributed by atoms with Gasteiger partial charge < -0.3 is 9.15 Å². The van der Waals surface area contributed by atoms with Gasteiger partial charge in [0.15, 0.2) is 0 Å². The van der Waals surface area contributed by atoms with Crippen molar-refractivity contribution in [1.82, 2.24) is 9.55 Å². The fourth-order valence-electron chi connectivity index (χ4n) is 3.27. The van der Waals surface area contributed by atoms with Crippen LogP contribution >= 0.6 is 11.3 Å². The highest BCUT2D eigenvalue weighted by Crippen LogP contribution is 2.27. The van der Waals surface area contributed by atoms with Crippen molar-refractivity contribution in [2.45, 2.75) is 26.8 Å². The number of benzene rings is 1. The zero-order valence-electron chi connectivity index (χ0n) is 16.4. The Hall–Kier alpha value is -3.19. The number of aromatic nitrogens is 2. The number of nitrogens with zero attached hydrogens (tertiary/aromatic N) is 2. The largest absolute Gasteiger partial charge is 0.463 e. The molecule has 7 heteroatoms. The van der Waals surface area contributed by atoms with Gasteiger partial charge in [0.25, 0.3) is 5.56 Å². The van der Waals surface area contributed by atoms with Gasteiger partial charge in [0.2, 0.25) is 5.76 Å². The van der Waals surface area contributed by atoms with E-state index in [4.69, 9.17) is 14.1 Å². The molecule has 4 rings (SSSR count). The number of esters is 1. The van der Waals surface area contributed by atoms with E-state index in [1.807, 2.05) is 44.2 Å². The highest BCUT2D eigenvalue weighted by molar-refractivity contribution is 7.18. The standard InChI is InChI=1S/C22H20N2O4S/c1-13-14(2)29-20-19(13)21(25)24(12-16-9-10-17(28-16)22(26)27-3)18(23-20)11-15-7-5-4-6-8-15/h4-10H,11-12H2,1-3H3. The predicted octanol–water partition coefficient (Wildman–Crippen LogP) is 4.09. The lowest BCUT2D eigenvalue weighted by atomic mass is 10.1. The lowest BCUT2D eigenvalue weighted by Crippen LogP contribution is -2.26. The molecule has 4 aromatic rings. The Morgan fingerprint density at radius 1 is 1.17 bits per heavy atom. The number of hydrogen-bond donors (Lipinski definition) is 0. The van der Waals surface area contributed by atoms with Crippen LogP contribution in [-0.4, -0.2) is 22.6 Å². The summed E-state index contributed by atoms with van der Waals surface area (Å²) in [6.45, 7) is 4.13. The number of methoxy groups -OCH3 is 1. The van der Waals surface area contributed by atoms with Gasteiger partial charge in [0.05, 0.1) is 19.0 Å². The monoisotopic (exact) mass is 408 g/mol. The third-order valence-electron chi connectivity index (χ3n) is 4.94. The van der Waals surface area contributed by atoms with E-state index in [0.717, 1.165) is 20.8 Å². The molecule has 0 aliphatic rings. The van der Waals surface area contributed by atoms with Gasteiger partial charge in [-0.3, -0.25) is 9.36 Å². The summed E-state index contributed by atoms with van der Waals surface area (Å²) in [6.07, 6.45) is 0.520. The molecule has 0 amide bonds. The number of carbonyl (C=O) groups excluding carboxylic acids is 1. The summed E-state index contributed by atoms with van der Waals surface area (Å²) < 4.78 is 11.9. The summed E-state index contributed by atoms with van der Waals surface area (Å²) >= 11 is 1.53. The van der Waals surface area contributed by atoms with Crippen LogP contribution in [0.4, 0.5) is 0 Å². The maximum atomic E-state index is 13.4. The first-order chi connectivity index (χ1) is 14.0. The van der Waals surface area contributed by atoms with Crippen LogP contribution in [0.2, 0.25) is 0 Å². The molecule has 0 aliphatic carbocycles. The molecule has 0 saturated carbocycles. The minimum absolute atomic E-state index is 0.0983. The Bertz CT molecular complexity index is 1250. The van der Waals surface area contributed by atoms with Gasteiger partial charge >= 0.3 is 5.97 Å². The van der Waals surface area contributed by atoms with Crippen LogP contribution in [0, 0.1) is 13.8 Å². The smallest absolute Gasteiger partial charge is 0.373 e. The van der Waals surface area contributed by atoms with Crippen molar-refractivity contribution in [3.05, 3.63) is 86.2 Å². The summed E-state index contributed by atoms with van der Waals surface area (Å²) in [4.78, 5) is 31.7. The van der Waals surface area contributed by atoms with E-state index in [2.05, 4.69) is 0 Å². The number of hydrogen-bond acceptors (Lipinski definition) is 6. The zero-order valence-corrected chi connectivity index (χ0v) is 17.2. The molecular formula is C22H20N2O4S. The van der Waals surface area contributed by atoms with Crippen LogP contribution in [0.3, 0.4) is 0 Å². The fraction of sp³-hybridized carbons (Fsp3) is 0.227.